The number of epoxide rings is 1. The van der Waals surface area contributed by atoms with E-state index in [1.165, 1.54) is 0 Å². The van der Waals surface area contributed by atoms with Gasteiger partial charge in [-0.25, -0.2) is 13.2 Å². The minimum Gasteiger partial charge on any atom is -0.368 e. The van der Waals surface area contributed by atoms with Crippen LogP contribution in [-0.2, 0) is 20.6 Å². The van der Waals surface area contributed by atoms with Gasteiger partial charge >= 0.3 is 0 Å². The third-order valence-corrected chi connectivity index (χ3v) is 4.58. The highest BCUT2D eigenvalue weighted by molar-refractivity contribution is 5.37. The fourth-order valence-electron chi connectivity index (χ4n) is 3.18. The van der Waals surface area contributed by atoms with E-state index in [0.717, 1.165) is 12.8 Å². The Morgan fingerprint density at radius 2 is 1.79 bits per heavy atom. The average molecular weight is 344 g/mol. The molecule has 0 radical (unpaired) electrons. The molecule has 2 fully saturated rings. The van der Waals surface area contributed by atoms with Crippen molar-refractivity contribution in [1.82, 2.24) is 0 Å². The van der Waals surface area contributed by atoms with Crippen LogP contribution in [0.5, 0.6) is 0 Å². The second-order valence-corrected chi connectivity index (χ2v) is 6.45. The van der Waals surface area contributed by atoms with Crippen LogP contribution in [0, 0.1) is 11.7 Å². The molecule has 0 aliphatic carbocycles. The molecule has 0 amide bonds. The lowest BCUT2D eigenvalue weighted by atomic mass is 9.97. The number of rotatable bonds is 7. The van der Waals surface area contributed by atoms with Crippen molar-refractivity contribution in [3.05, 3.63) is 34.6 Å². The van der Waals surface area contributed by atoms with Crippen molar-refractivity contribution in [2.45, 2.75) is 51.4 Å². The third kappa shape index (κ3) is 4.10. The number of hydrogen-bond donors (Lipinski definition) is 0. The smallest absolute Gasteiger partial charge is 0.266 e. The zero-order valence-corrected chi connectivity index (χ0v) is 13.8. The number of hydrogen-bond acceptors (Lipinski definition) is 3. The van der Waals surface area contributed by atoms with Gasteiger partial charge < -0.3 is 14.2 Å². The van der Waals surface area contributed by atoms with Crippen LogP contribution in [0.2, 0.25) is 0 Å². The van der Waals surface area contributed by atoms with Crippen LogP contribution in [0.15, 0.2) is 12.1 Å². The third-order valence-electron chi connectivity index (χ3n) is 4.58. The summed E-state index contributed by atoms with van der Waals surface area (Å²) in [4.78, 5) is 0. The Morgan fingerprint density at radius 1 is 1.08 bits per heavy atom. The van der Waals surface area contributed by atoms with E-state index in [4.69, 9.17) is 14.2 Å². The first-order valence-corrected chi connectivity index (χ1v) is 8.54. The van der Waals surface area contributed by atoms with Gasteiger partial charge in [-0.05, 0) is 18.4 Å². The summed E-state index contributed by atoms with van der Waals surface area (Å²) in [5.74, 6) is -0.434. The molecule has 0 bridgehead atoms. The Kier molecular flexibility index (Phi) is 5.79. The zero-order chi connectivity index (χ0) is 17.1. The van der Waals surface area contributed by atoms with Crippen LogP contribution in [0.4, 0.5) is 13.2 Å². The van der Waals surface area contributed by atoms with Gasteiger partial charge in [0.05, 0.1) is 25.4 Å². The van der Waals surface area contributed by atoms with E-state index in [9.17, 15) is 13.2 Å². The van der Waals surface area contributed by atoms with Crippen LogP contribution in [0.3, 0.4) is 0 Å². The van der Waals surface area contributed by atoms with Crippen LogP contribution in [-0.4, -0.2) is 26.1 Å². The largest absolute Gasteiger partial charge is 0.368 e. The highest BCUT2D eigenvalue weighted by Gasteiger charge is 2.32. The topological polar surface area (TPSA) is 31.0 Å². The Labute approximate surface area is 140 Å². The maximum absolute atomic E-state index is 14.4. The summed E-state index contributed by atoms with van der Waals surface area (Å²) < 4.78 is 57.3. The van der Waals surface area contributed by atoms with Crippen LogP contribution in [0.25, 0.3) is 0 Å². The maximum Gasteiger partial charge on any atom is 0.266 e. The Balaban J connectivity index is 1.62. The molecule has 3 nitrogen and oxygen atoms in total. The van der Waals surface area contributed by atoms with Crippen molar-refractivity contribution in [3.8, 4) is 0 Å². The summed E-state index contributed by atoms with van der Waals surface area (Å²) in [7, 11) is 0. The van der Waals surface area contributed by atoms with Gasteiger partial charge in [-0.1, -0.05) is 25.5 Å². The van der Waals surface area contributed by atoms with Crippen molar-refractivity contribution >= 4 is 0 Å². The Bertz CT molecular complexity index is 553. The molecule has 2 saturated heterocycles. The van der Waals surface area contributed by atoms with E-state index >= 15 is 0 Å². The number of alkyl halides is 2. The molecular weight excluding hydrogens is 321 g/mol. The van der Waals surface area contributed by atoms with Gasteiger partial charge in [0.25, 0.3) is 6.43 Å². The summed E-state index contributed by atoms with van der Waals surface area (Å²) in [6.07, 6.45) is -0.757. The molecule has 0 saturated carbocycles. The quantitative estimate of drug-likeness (QED) is 0.680. The zero-order valence-electron chi connectivity index (χ0n) is 13.8. The van der Waals surface area contributed by atoms with Crippen molar-refractivity contribution in [2.75, 3.05) is 19.8 Å². The van der Waals surface area contributed by atoms with Crippen LogP contribution >= 0.6 is 0 Å². The fraction of sp³-hybridized carbons (Fsp3) is 0.667. The molecule has 1 atom stereocenters. The van der Waals surface area contributed by atoms with E-state index < -0.39 is 24.1 Å². The monoisotopic (exact) mass is 344 g/mol. The lowest BCUT2D eigenvalue weighted by Gasteiger charge is -2.29. The van der Waals surface area contributed by atoms with E-state index in [2.05, 4.69) is 6.92 Å². The highest BCUT2D eigenvalue weighted by Crippen LogP contribution is 2.37. The normalized spacial score (nSPS) is 26.8. The van der Waals surface area contributed by atoms with Gasteiger partial charge in [-0.15, -0.1) is 0 Å². The summed E-state index contributed by atoms with van der Waals surface area (Å²) >= 11 is 0. The minimum absolute atomic E-state index is 0.224. The van der Waals surface area contributed by atoms with E-state index in [1.54, 1.807) is 12.1 Å². The lowest BCUT2D eigenvalue weighted by Crippen LogP contribution is -2.32. The molecule has 1 unspecified atom stereocenters. The molecule has 2 heterocycles. The first-order valence-electron chi connectivity index (χ1n) is 8.54. The van der Waals surface area contributed by atoms with Gasteiger partial charge in [0.1, 0.15) is 11.9 Å². The molecular formula is C18H23F3O3. The molecule has 2 aliphatic rings. The molecule has 1 aromatic carbocycles. The van der Waals surface area contributed by atoms with E-state index in [-0.39, 0.29) is 11.7 Å². The molecule has 3 rings (SSSR count). The second-order valence-electron chi connectivity index (χ2n) is 6.45. The number of aryl methyl sites for hydroxylation is 1. The average Bonchev–Trinajstić information content (AvgIpc) is 3.39. The number of halogens is 3. The summed E-state index contributed by atoms with van der Waals surface area (Å²) in [6.45, 7) is 3.77. The summed E-state index contributed by atoms with van der Waals surface area (Å²) in [5.41, 5.74) is 0.0269. The predicted molar refractivity (Wildman–Crippen MR) is 82.5 cm³/mol. The van der Waals surface area contributed by atoms with Gasteiger partial charge in [0.15, 0.2) is 6.29 Å². The first kappa shape index (κ1) is 17.7. The number of benzene rings is 1. The van der Waals surface area contributed by atoms with Crippen molar-refractivity contribution in [1.29, 1.82) is 0 Å². The van der Waals surface area contributed by atoms with E-state index in [0.29, 0.717) is 44.1 Å². The molecule has 134 valence electrons. The van der Waals surface area contributed by atoms with Crippen molar-refractivity contribution in [2.24, 2.45) is 5.92 Å². The van der Waals surface area contributed by atoms with Crippen molar-refractivity contribution in [3.63, 3.8) is 0 Å². The molecule has 0 N–H and O–H groups in total. The molecule has 24 heavy (non-hydrogen) atoms. The number of ether oxygens (including phenoxy) is 3. The van der Waals surface area contributed by atoms with Gasteiger partial charge in [0, 0.05) is 17.9 Å². The Hall–Kier alpha value is -1.11. The molecule has 0 aromatic heterocycles. The molecule has 1 aromatic rings. The molecule has 0 spiro atoms. The van der Waals surface area contributed by atoms with Crippen LogP contribution in [0.1, 0.15) is 55.4 Å². The van der Waals surface area contributed by atoms with Gasteiger partial charge in [-0.3, -0.25) is 0 Å². The molecule has 2 aliphatic heterocycles. The van der Waals surface area contributed by atoms with E-state index in [1.807, 2.05) is 0 Å². The minimum atomic E-state index is -2.85. The first-order chi connectivity index (χ1) is 11.6. The fourth-order valence-corrected chi connectivity index (χ4v) is 3.18. The lowest BCUT2D eigenvalue weighted by molar-refractivity contribution is -0.203. The Morgan fingerprint density at radius 3 is 2.38 bits per heavy atom. The standard InChI is InChI=1S/C18H23F3O3/c1-2-3-11-8-23-15(24-9-11)7-5-12-4-6-13(14-10-22-14)17(19)16(12)18(20)21/h4,6,11,14-15,18H,2-3,5,7-10H2,1H3. The highest BCUT2D eigenvalue weighted by atomic mass is 19.3. The van der Waals surface area contributed by atoms with Gasteiger partial charge in [0.2, 0.25) is 0 Å². The second kappa shape index (κ2) is 7.85. The molecule has 6 heteroatoms. The van der Waals surface area contributed by atoms with Gasteiger partial charge in [-0.2, -0.15) is 0 Å². The maximum atomic E-state index is 14.4. The van der Waals surface area contributed by atoms with Crippen LogP contribution < -0.4 is 0 Å². The SMILES string of the molecule is CCCC1COC(CCc2ccc(C3CO3)c(F)c2C(F)F)OC1. The summed E-state index contributed by atoms with van der Waals surface area (Å²) in [6, 6.07) is 3.12. The van der Waals surface area contributed by atoms with Crippen molar-refractivity contribution < 1.29 is 27.4 Å². The summed E-state index contributed by atoms with van der Waals surface area (Å²) in [5, 5.41) is 0. The predicted octanol–water partition coefficient (Wildman–Crippen LogP) is 4.56.